The van der Waals surface area contributed by atoms with Gasteiger partial charge in [-0.2, -0.15) is 0 Å². The lowest BCUT2D eigenvalue weighted by Crippen LogP contribution is -2.48. The number of para-hydroxylation sites is 1. The summed E-state index contributed by atoms with van der Waals surface area (Å²) in [5, 5.41) is 3.40. The zero-order chi connectivity index (χ0) is 13.6. The molecule has 1 spiro atoms. The molecule has 0 aromatic heterocycles. The standard InChI is InChI=1S/C13H17NO.C4H10/c1-2-4-12-11(3-1)5-6-13(15-12)7-9-14-10-8-13;1-3-4-2/h1-4,14H,5-10H2;3-4H2,1-2H3. The third kappa shape index (κ3) is 3.73. The van der Waals surface area contributed by atoms with Crippen LogP contribution in [0.4, 0.5) is 0 Å². The fourth-order valence-corrected chi connectivity index (χ4v) is 2.69. The van der Waals surface area contributed by atoms with E-state index in [-0.39, 0.29) is 5.60 Å². The highest BCUT2D eigenvalue weighted by atomic mass is 16.5. The highest BCUT2D eigenvalue weighted by molar-refractivity contribution is 5.36. The summed E-state index contributed by atoms with van der Waals surface area (Å²) in [4.78, 5) is 0. The third-order valence-corrected chi connectivity index (χ3v) is 4.16. The Morgan fingerprint density at radius 3 is 2.42 bits per heavy atom. The number of piperidine rings is 1. The van der Waals surface area contributed by atoms with Gasteiger partial charge in [-0.25, -0.2) is 0 Å². The Labute approximate surface area is 117 Å². The topological polar surface area (TPSA) is 21.3 Å². The van der Waals surface area contributed by atoms with Crippen molar-refractivity contribution >= 4 is 0 Å². The van der Waals surface area contributed by atoms with Crippen molar-refractivity contribution in [2.75, 3.05) is 13.1 Å². The Kier molecular flexibility index (Phi) is 5.26. The molecular weight excluding hydrogens is 234 g/mol. The number of hydrogen-bond donors (Lipinski definition) is 1. The first-order valence-corrected chi connectivity index (χ1v) is 7.77. The van der Waals surface area contributed by atoms with Gasteiger partial charge in [0.25, 0.3) is 0 Å². The van der Waals surface area contributed by atoms with Crippen molar-refractivity contribution in [1.82, 2.24) is 5.32 Å². The maximum Gasteiger partial charge on any atom is 0.123 e. The fraction of sp³-hybridized carbons (Fsp3) is 0.647. The number of fused-ring (bicyclic) bond motifs is 1. The molecule has 0 amide bonds. The van der Waals surface area contributed by atoms with Crippen LogP contribution in [0.25, 0.3) is 0 Å². The van der Waals surface area contributed by atoms with Crippen LogP contribution in [0.2, 0.25) is 0 Å². The second-order valence-electron chi connectivity index (χ2n) is 5.64. The van der Waals surface area contributed by atoms with Crippen LogP contribution in [-0.2, 0) is 6.42 Å². The minimum atomic E-state index is 0.138. The van der Waals surface area contributed by atoms with Crippen LogP contribution < -0.4 is 10.1 Å². The largest absolute Gasteiger partial charge is 0.487 e. The van der Waals surface area contributed by atoms with E-state index in [1.54, 1.807) is 0 Å². The summed E-state index contributed by atoms with van der Waals surface area (Å²) < 4.78 is 6.22. The molecule has 2 aliphatic heterocycles. The lowest BCUT2D eigenvalue weighted by Gasteiger charge is -2.41. The average Bonchev–Trinajstić information content (AvgIpc) is 2.48. The van der Waals surface area contributed by atoms with Crippen molar-refractivity contribution in [3.63, 3.8) is 0 Å². The zero-order valence-electron chi connectivity index (χ0n) is 12.4. The number of unbranched alkanes of at least 4 members (excludes halogenated alkanes) is 1. The second-order valence-corrected chi connectivity index (χ2v) is 5.64. The lowest BCUT2D eigenvalue weighted by molar-refractivity contribution is 0.0170. The van der Waals surface area contributed by atoms with Crippen molar-refractivity contribution in [2.24, 2.45) is 0 Å². The molecule has 2 heterocycles. The van der Waals surface area contributed by atoms with Crippen molar-refractivity contribution in [3.05, 3.63) is 29.8 Å². The Morgan fingerprint density at radius 1 is 1.05 bits per heavy atom. The molecule has 1 saturated heterocycles. The van der Waals surface area contributed by atoms with Gasteiger partial charge in [0.05, 0.1) is 0 Å². The van der Waals surface area contributed by atoms with Gasteiger partial charge in [-0.15, -0.1) is 0 Å². The van der Waals surface area contributed by atoms with Gasteiger partial charge < -0.3 is 10.1 Å². The number of rotatable bonds is 1. The monoisotopic (exact) mass is 261 g/mol. The molecule has 2 heteroatoms. The molecule has 0 radical (unpaired) electrons. The molecular formula is C17H27NO. The maximum atomic E-state index is 6.22. The minimum absolute atomic E-state index is 0.138. The number of nitrogens with one attached hydrogen (secondary N) is 1. The van der Waals surface area contributed by atoms with E-state index in [0.717, 1.165) is 31.7 Å². The van der Waals surface area contributed by atoms with E-state index in [2.05, 4.69) is 43.4 Å². The van der Waals surface area contributed by atoms with Crippen molar-refractivity contribution < 1.29 is 4.74 Å². The molecule has 0 saturated carbocycles. The zero-order valence-corrected chi connectivity index (χ0v) is 12.4. The fourth-order valence-electron chi connectivity index (χ4n) is 2.69. The van der Waals surface area contributed by atoms with Crippen LogP contribution in [0.5, 0.6) is 5.75 Å². The summed E-state index contributed by atoms with van der Waals surface area (Å²) in [5.74, 6) is 1.12. The third-order valence-electron chi connectivity index (χ3n) is 4.16. The highest BCUT2D eigenvalue weighted by Gasteiger charge is 2.37. The van der Waals surface area contributed by atoms with Crippen LogP contribution in [0.3, 0.4) is 0 Å². The van der Waals surface area contributed by atoms with Gasteiger partial charge in [0.2, 0.25) is 0 Å². The molecule has 1 N–H and O–H groups in total. The quantitative estimate of drug-likeness (QED) is 0.826. The molecule has 1 aromatic rings. The molecule has 0 bridgehead atoms. The van der Waals surface area contributed by atoms with Crippen LogP contribution >= 0.6 is 0 Å². The van der Waals surface area contributed by atoms with E-state index < -0.39 is 0 Å². The molecule has 0 aliphatic carbocycles. The maximum absolute atomic E-state index is 6.22. The first-order chi connectivity index (χ1) is 9.29. The van der Waals surface area contributed by atoms with E-state index in [1.165, 1.54) is 31.2 Å². The number of aryl methyl sites for hydroxylation is 1. The van der Waals surface area contributed by atoms with Crippen LogP contribution in [0.15, 0.2) is 24.3 Å². The molecule has 1 fully saturated rings. The summed E-state index contributed by atoms with van der Waals surface area (Å²) in [6.07, 6.45) is 7.31. The number of ether oxygens (including phenoxy) is 1. The van der Waals surface area contributed by atoms with Crippen LogP contribution in [-0.4, -0.2) is 18.7 Å². The molecule has 2 nitrogen and oxygen atoms in total. The summed E-state index contributed by atoms with van der Waals surface area (Å²) in [5.41, 5.74) is 1.52. The van der Waals surface area contributed by atoms with Gasteiger partial charge in [-0.1, -0.05) is 44.9 Å². The van der Waals surface area contributed by atoms with Crippen molar-refractivity contribution in [3.8, 4) is 5.75 Å². The smallest absolute Gasteiger partial charge is 0.123 e. The minimum Gasteiger partial charge on any atom is -0.487 e. The van der Waals surface area contributed by atoms with Gasteiger partial charge >= 0.3 is 0 Å². The number of hydrogen-bond acceptors (Lipinski definition) is 2. The first-order valence-electron chi connectivity index (χ1n) is 7.77. The molecule has 1 aromatic carbocycles. The summed E-state index contributed by atoms with van der Waals surface area (Å²) >= 11 is 0. The van der Waals surface area contributed by atoms with E-state index in [1.807, 2.05) is 0 Å². The highest BCUT2D eigenvalue weighted by Crippen LogP contribution is 2.37. The van der Waals surface area contributed by atoms with Crippen molar-refractivity contribution in [1.29, 1.82) is 0 Å². The Hall–Kier alpha value is -1.02. The predicted octanol–water partition coefficient (Wildman–Crippen LogP) is 3.94. The molecule has 0 unspecified atom stereocenters. The Balaban J connectivity index is 0.000000297. The van der Waals surface area contributed by atoms with Gasteiger partial charge in [0.1, 0.15) is 11.4 Å². The molecule has 106 valence electrons. The summed E-state index contributed by atoms with van der Waals surface area (Å²) in [6.45, 7) is 6.56. The number of benzene rings is 1. The van der Waals surface area contributed by atoms with Crippen LogP contribution in [0.1, 0.15) is 51.5 Å². The van der Waals surface area contributed by atoms with E-state index in [4.69, 9.17) is 4.74 Å². The SMILES string of the molecule is CCCC.c1ccc2c(c1)CCC1(CCNCC1)O2. The Morgan fingerprint density at radius 2 is 1.74 bits per heavy atom. The second kappa shape index (κ2) is 6.95. The van der Waals surface area contributed by atoms with Crippen molar-refractivity contribution in [2.45, 2.75) is 58.0 Å². The Bertz CT molecular complexity index is 381. The molecule has 2 aliphatic rings. The molecule has 0 atom stereocenters. The first kappa shape index (κ1) is 14.4. The van der Waals surface area contributed by atoms with Gasteiger partial charge in [0, 0.05) is 0 Å². The summed E-state index contributed by atoms with van der Waals surface area (Å²) in [6, 6.07) is 8.46. The van der Waals surface area contributed by atoms with Gasteiger partial charge in [-0.3, -0.25) is 0 Å². The van der Waals surface area contributed by atoms with Crippen LogP contribution in [0, 0.1) is 0 Å². The average molecular weight is 261 g/mol. The molecule has 3 rings (SSSR count). The van der Waals surface area contributed by atoms with Gasteiger partial charge in [-0.05, 0) is 50.4 Å². The molecule has 19 heavy (non-hydrogen) atoms. The van der Waals surface area contributed by atoms with E-state index in [9.17, 15) is 0 Å². The lowest BCUT2D eigenvalue weighted by atomic mass is 9.84. The normalized spacial score (nSPS) is 19.9. The van der Waals surface area contributed by atoms with E-state index in [0.29, 0.717) is 0 Å². The summed E-state index contributed by atoms with van der Waals surface area (Å²) in [7, 11) is 0. The van der Waals surface area contributed by atoms with Gasteiger partial charge in [0.15, 0.2) is 0 Å². The van der Waals surface area contributed by atoms with E-state index >= 15 is 0 Å². The predicted molar refractivity (Wildman–Crippen MR) is 80.8 cm³/mol.